The van der Waals surface area contributed by atoms with Crippen molar-refractivity contribution in [1.29, 1.82) is 0 Å². The number of hydrogen-bond donors (Lipinski definition) is 2. The summed E-state index contributed by atoms with van der Waals surface area (Å²) in [4.78, 5) is 30.9. The number of nitrogens with one attached hydrogen (secondary N) is 1. The van der Waals surface area contributed by atoms with Gasteiger partial charge in [0, 0.05) is 13.2 Å². The molecule has 0 saturated heterocycles. The zero-order valence-electron chi connectivity index (χ0n) is 9.67. The number of carbonyl (C=O) groups excluding carboxylic acids is 1. The Morgan fingerprint density at radius 2 is 2.24 bits per heavy atom. The summed E-state index contributed by atoms with van der Waals surface area (Å²) < 4.78 is 0. The van der Waals surface area contributed by atoms with Crippen LogP contribution in [-0.4, -0.2) is 45.6 Å². The van der Waals surface area contributed by atoms with Crippen LogP contribution >= 0.6 is 0 Å². The Labute approximate surface area is 98.5 Å². The molecular formula is C10H14N4O3. The van der Waals surface area contributed by atoms with Crippen LogP contribution in [0.4, 0.5) is 4.79 Å². The van der Waals surface area contributed by atoms with E-state index in [4.69, 9.17) is 5.11 Å². The molecule has 1 rings (SSSR count). The molecule has 2 amide bonds. The number of nitrogens with zero attached hydrogens (tertiary/aromatic N) is 3. The van der Waals surface area contributed by atoms with Gasteiger partial charge in [0.05, 0.1) is 12.2 Å². The lowest BCUT2D eigenvalue weighted by atomic mass is 10.4. The highest BCUT2D eigenvalue weighted by molar-refractivity contribution is 5.79. The molecular weight excluding hydrogens is 224 g/mol. The third-order valence-corrected chi connectivity index (χ3v) is 1.97. The van der Waals surface area contributed by atoms with Crippen molar-refractivity contribution >= 4 is 12.0 Å². The molecule has 1 aromatic heterocycles. The molecule has 0 aliphatic heterocycles. The minimum absolute atomic E-state index is 0.242. The lowest BCUT2D eigenvalue weighted by Gasteiger charge is -2.15. The molecule has 0 saturated carbocycles. The van der Waals surface area contributed by atoms with Crippen molar-refractivity contribution in [2.24, 2.45) is 0 Å². The Kier molecular flexibility index (Phi) is 4.38. The summed E-state index contributed by atoms with van der Waals surface area (Å²) in [6.07, 6.45) is 1.60. The van der Waals surface area contributed by atoms with Crippen LogP contribution in [0.15, 0.2) is 12.3 Å². The van der Waals surface area contributed by atoms with E-state index in [1.807, 2.05) is 0 Å². The number of urea groups is 1. The highest BCUT2D eigenvalue weighted by atomic mass is 16.4. The van der Waals surface area contributed by atoms with E-state index < -0.39 is 12.0 Å². The summed E-state index contributed by atoms with van der Waals surface area (Å²) >= 11 is 0. The van der Waals surface area contributed by atoms with Crippen molar-refractivity contribution in [2.75, 3.05) is 13.6 Å². The first-order valence-electron chi connectivity index (χ1n) is 4.98. The second-order valence-corrected chi connectivity index (χ2v) is 3.50. The Hall–Kier alpha value is -2.18. The van der Waals surface area contributed by atoms with E-state index in [9.17, 15) is 9.59 Å². The maximum Gasteiger partial charge on any atom is 0.323 e. The number of aliphatic carboxylic acids is 1. The Balaban J connectivity index is 2.45. The van der Waals surface area contributed by atoms with Gasteiger partial charge in [0.1, 0.15) is 12.4 Å². The predicted octanol–water partition coefficient (Wildman–Crippen LogP) is 0.0110. The molecule has 0 fully saturated rings. The van der Waals surface area contributed by atoms with Crippen molar-refractivity contribution in [3.05, 3.63) is 23.8 Å². The molecule has 7 heteroatoms. The SMILES string of the molecule is Cc1nccc(CNC(=O)N(C)CC(=O)O)n1. The zero-order valence-corrected chi connectivity index (χ0v) is 9.67. The normalized spacial score (nSPS) is 9.76. The molecule has 0 atom stereocenters. The van der Waals surface area contributed by atoms with Crippen LogP contribution in [0.1, 0.15) is 11.5 Å². The monoisotopic (exact) mass is 238 g/mol. The molecule has 17 heavy (non-hydrogen) atoms. The van der Waals surface area contributed by atoms with Gasteiger partial charge < -0.3 is 15.3 Å². The van der Waals surface area contributed by atoms with Crippen LogP contribution in [0.2, 0.25) is 0 Å². The Morgan fingerprint density at radius 1 is 1.53 bits per heavy atom. The van der Waals surface area contributed by atoms with Crippen LogP contribution in [0, 0.1) is 6.92 Å². The van der Waals surface area contributed by atoms with E-state index in [-0.39, 0.29) is 13.1 Å². The third kappa shape index (κ3) is 4.45. The Bertz CT molecular complexity index is 422. The molecule has 0 aromatic carbocycles. The molecule has 1 heterocycles. The van der Waals surface area contributed by atoms with E-state index in [1.165, 1.54) is 7.05 Å². The summed E-state index contributed by atoms with van der Waals surface area (Å²) in [7, 11) is 1.41. The van der Waals surface area contributed by atoms with Crippen LogP contribution < -0.4 is 5.32 Å². The maximum atomic E-state index is 11.4. The summed E-state index contributed by atoms with van der Waals surface area (Å²) in [5, 5.41) is 11.1. The topological polar surface area (TPSA) is 95.4 Å². The summed E-state index contributed by atoms with van der Waals surface area (Å²) in [5.41, 5.74) is 0.676. The van der Waals surface area contributed by atoms with Gasteiger partial charge in [0.15, 0.2) is 0 Å². The largest absolute Gasteiger partial charge is 0.480 e. The number of aromatic nitrogens is 2. The summed E-state index contributed by atoms with van der Waals surface area (Å²) in [6, 6.07) is 1.23. The van der Waals surface area contributed by atoms with Crippen molar-refractivity contribution in [3.63, 3.8) is 0 Å². The van der Waals surface area contributed by atoms with E-state index in [2.05, 4.69) is 15.3 Å². The predicted molar refractivity (Wildman–Crippen MR) is 59.3 cm³/mol. The fourth-order valence-electron chi connectivity index (χ4n) is 1.18. The molecule has 0 spiro atoms. The summed E-state index contributed by atoms with van der Waals surface area (Å²) in [5.74, 6) is -0.434. The minimum Gasteiger partial charge on any atom is -0.480 e. The molecule has 92 valence electrons. The van der Waals surface area contributed by atoms with Gasteiger partial charge in [-0.1, -0.05) is 0 Å². The average molecular weight is 238 g/mol. The van der Waals surface area contributed by atoms with Crippen molar-refractivity contribution in [2.45, 2.75) is 13.5 Å². The lowest BCUT2D eigenvalue weighted by molar-refractivity contribution is -0.137. The second kappa shape index (κ2) is 5.78. The van der Waals surface area contributed by atoms with Crippen LogP contribution in [0.25, 0.3) is 0 Å². The highest BCUT2D eigenvalue weighted by Gasteiger charge is 2.11. The standard InChI is InChI=1S/C10H14N4O3/c1-7-11-4-3-8(13-7)5-12-10(17)14(2)6-9(15)16/h3-4H,5-6H2,1-2H3,(H,12,17)(H,15,16). The highest BCUT2D eigenvalue weighted by Crippen LogP contribution is 1.94. The molecule has 0 aliphatic rings. The van der Waals surface area contributed by atoms with Crippen molar-refractivity contribution < 1.29 is 14.7 Å². The average Bonchev–Trinajstić information content (AvgIpc) is 2.25. The second-order valence-electron chi connectivity index (χ2n) is 3.50. The first-order chi connectivity index (χ1) is 7.99. The van der Waals surface area contributed by atoms with E-state index in [1.54, 1.807) is 19.2 Å². The van der Waals surface area contributed by atoms with Crippen LogP contribution in [0.3, 0.4) is 0 Å². The number of carboxylic acid groups (broad SMARTS) is 1. The fraction of sp³-hybridized carbons (Fsp3) is 0.400. The fourth-order valence-corrected chi connectivity index (χ4v) is 1.18. The third-order valence-electron chi connectivity index (χ3n) is 1.97. The number of carboxylic acids is 1. The minimum atomic E-state index is -1.06. The van der Waals surface area contributed by atoms with Gasteiger partial charge in [0.2, 0.25) is 0 Å². The van der Waals surface area contributed by atoms with Crippen molar-refractivity contribution in [3.8, 4) is 0 Å². The van der Waals surface area contributed by atoms with Gasteiger partial charge in [-0.25, -0.2) is 14.8 Å². The number of aryl methyl sites for hydroxylation is 1. The number of likely N-dealkylation sites (N-methyl/N-ethyl adjacent to an activating group) is 1. The van der Waals surface area contributed by atoms with Crippen LogP contribution in [-0.2, 0) is 11.3 Å². The molecule has 0 radical (unpaired) electrons. The van der Waals surface area contributed by atoms with Crippen molar-refractivity contribution in [1.82, 2.24) is 20.2 Å². The number of rotatable bonds is 4. The number of hydrogen-bond acceptors (Lipinski definition) is 4. The van der Waals surface area contributed by atoms with Gasteiger partial charge in [-0.15, -0.1) is 0 Å². The molecule has 0 aliphatic carbocycles. The molecule has 1 aromatic rings. The van der Waals surface area contributed by atoms with E-state index in [0.29, 0.717) is 11.5 Å². The van der Waals surface area contributed by atoms with Gasteiger partial charge in [-0.05, 0) is 13.0 Å². The molecule has 0 unspecified atom stereocenters. The lowest BCUT2D eigenvalue weighted by Crippen LogP contribution is -2.39. The smallest absolute Gasteiger partial charge is 0.323 e. The molecule has 0 bridgehead atoms. The van der Waals surface area contributed by atoms with Gasteiger partial charge in [-0.2, -0.15) is 0 Å². The maximum absolute atomic E-state index is 11.4. The zero-order chi connectivity index (χ0) is 12.8. The summed E-state index contributed by atoms with van der Waals surface area (Å²) in [6.45, 7) is 1.66. The van der Waals surface area contributed by atoms with E-state index in [0.717, 1.165) is 4.90 Å². The van der Waals surface area contributed by atoms with E-state index >= 15 is 0 Å². The quantitative estimate of drug-likeness (QED) is 0.770. The Morgan fingerprint density at radius 3 is 2.82 bits per heavy atom. The van der Waals surface area contributed by atoms with Gasteiger partial charge in [-0.3, -0.25) is 4.79 Å². The van der Waals surface area contributed by atoms with Crippen LogP contribution in [0.5, 0.6) is 0 Å². The van der Waals surface area contributed by atoms with Gasteiger partial charge in [0.25, 0.3) is 0 Å². The first-order valence-corrected chi connectivity index (χ1v) is 4.98. The number of amides is 2. The number of carbonyl (C=O) groups is 2. The first kappa shape index (κ1) is 12.9. The molecule has 7 nitrogen and oxygen atoms in total. The van der Waals surface area contributed by atoms with Gasteiger partial charge >= 0.3 is 12.0 Å². The molecule has 2 N–H and O–H groups in total.